The number of aromatic nitrogens is 2. The van der Waals surface area contributed by atoms with Gasteiger partial charge in [-0.1, -0.05) is 0 Å². The molecule has 1 aromatic heterocycles. The molecule has 18 heavy (non-hydrogen) atoms. The van der Waals surface area contributed by atoms with Crippen molar-refractivity contribution in [3.8, 4) is 0 Å². The van der Waals surface area contributed by atoms with Crippen LogP contribution >= 0.6 is 0 Å². The van der Waals surface area contributed by atoms with E-state index >= 15 is 0 Å². The molecule has 1 atom stereocenters. The summed E-state index contributed by atoms with van der Waals surface area (Å²) in [6.07, 6.45) is -2.37. The quantitative estimate of drug-likeness (QED) is 0.878. The average molecular weight is 260 g/mol. The summed E-state index contributed by atoms with van der Waals surface area (Å²) in [7, 11) is 1.83. The van der Waals surface area contributed by atoms with Gasteiger partial charge < -0.3 is 10.2 Å². The first kappa shape index (κ1) is 13.1. The van der Waals surface area contributed by atoms with E-state index in [4.69, 9.17) is 0 Å². The van der Waals surface area contributed by atoms with Crippen LogP contribution in [-0.2, 0) is 6.18 Å². The minimum Gasteiger partial charge on any atom is -0.354 e. The van der Waals surface area contributed by atoms with Gasteiger partial charge in [-0.15, -0.1) is 10.2 Å². The number of halogens is 3. The van der Waals surface area contributed by atoms with Crippen LogP contribution in [0.25, 0.3) is 0 Å². The van der Waals surface area contributed by atoms with E-state index in [1.54, 1.807) is 0 Å². The van der Waals surface area contributed by atoms with Crippen molar-refractivity contribution in [2.75, 3.05) is 25.0 Å². The molecular weight excluding hydrogens is 245 g/mol. The van der Waals surface area contributed by atoms with Crippen molar-refractivity contribution < 1.29 is 13.2 Å². The third-order valence-corrected chi connectivity index (χ3v) is 3.12. The first-order chi connectivity index (χ1) is 8.48. The zero-order valence-corrected chi connectivity index (χ0v) is 10.0. The van der Waals surface area contributed by atoms with Crippen molar-refractivity contribution in [2.24, 2.45) is 0 Å². The van der Waals surface area contributed by atoms with E-state index in [1.165, 1.54) is 6.07 Å². The van der Waals surface area contributed by atoms with Crippen molar-refractivity contribution in [1.29, 1.82) is 0 Å². The van der Waals surface area contributed by atoms with Gasteiger partial charge in [0.1, 0.15) is 0 Å². The molecule has 1 fully saturated rings. The second-order valence-electron chi connectivity index (χ2n) is 4.39. The number of likely N-dealkylation sites (N-methyl/N-ethyl adjacent to an activating group) is 1. The Bertz CT molecular complexity index is 384. The summed E-state index contributed by atoms with van der Waals surface area (Å²) in [5, 5.41) is 10.1. The van der Waals surface area contributed by atoms with E-state index in [1.807, 2.05) is 11.9 Å². The van der Waals surface area contributed by atoms with Gasteiger partial charge in [-0.05, 0) is 31.5 Å². The topological polar surface area (TPSA) is 41.1 Å². The molecule has 1 aromatic rings. The van der Waals surface area contributed by atoms with Gasteiger partial charge in [0.15, 0.2) is 11.5 Å². The maximum atomic E-state index is 12.3. The maximum absolute atomic E-state index is 12.3. The van der Waals surface area contributed by atoms with Crippen LogP contribution in [0.3, 0.4) is 0 Å². The van der Waals surface area contributed by atoms with Crippen LogP contribution in [0.5, 0.6) is 0 Å². The minimum absolute atomic E-state index is 0.254. The van der Waals surface area contributed by atoms with Gasteiger partial charge in [-0.2, -0.15) is 13.2 Å². The van der Waals surface area contributed by atoms with Crippen LogP contribution in [0.1, 0.15) is 18.5 Å². The maximum Gasteiger partial charge on any atom is 0.435 e. The van der Waals surface area contributed by atoms with E-state index in [-0.39, 0.29) is 6.04 Å². The third kappa shape index (κ3) is 2.90. The molecule has 0 radical (unpaired) electrons. The van der Waals surface area contributed by atoms with Crippen LogP contribution < -0.4 is 10.2 Å². The number of alkyl halides is 3. The van der Waals surface area contributed by atoms with Crippen molar-refractivity contribution in [2.45, 2.75) is 25.1 Å². The lowest BCUT2D eigenvalue weighted by Crippen LogP contribution is -2.44. The summed E-state index contributed by atoms with van der Waals surface area (Å²) < 4.78 is 37.0. The first-order valence-electron chi connectivity index (χ1n) is 5.83. The predicted molar refractivity (Wildman–Crippen MR) is 61.3 cm³/mol. The number of nitrogens with one attached hydrogen (secondary N) is 1. The Kier molecular flexibility index (Phi) is 3.70. The lowest BCUT2D eigenvalue weighted by molar-refractivity contribution is -0.141. The molecule has 0 aromatic carbocycles. The van der Waals surface area contributed by atoms with Gasteiger partial charge >= 0.3 is 6.18 Å². The Balaban J connectivity index is 2.09. The van der Waals surface area contributed by atoms with Crippen LogP contribution in [0.4, 0.5) is 19.0 Å². The SMILES string of the molecule is CN(c1ccc(C(F)(F)F)nn1)C1CCCNC1. The zero-order valence-electron chi connectivity index (χ0n) is 10.0. The Morgan fingerprint density at radius 3 is 2.61 bits per heavy atom. The summed E-state index contributed by atoms with van der Waals surface area (Å²) in [4.78, 5) is 1.87. The van der Waals surface area contributed by atoms with Crippen molar-refractivity contribution in [1.82, 2.24) is 15.5 Å². The molecule has 0 bridgehead atoms. The summed E-state index contributed by atoms with van der Waals surface area (Å²) in [5.74, 6) is 0.469. The number of anilines is 1. The summed E-state index contributed by atoms with van der Waals surface area (Å²) in [5.41, 5.74) is -0.957. The Hall–Kier alpha value is -1.37. The highest BCUT2D eigenvalue weighted by Crippen LogP contribution is 2.27. The predicted octanol–water partition coefficient (Wildman–Crippen LogP) is 1.68. The first-order valence-corrected chi connectivity index (χ1v) is 5.83. The van der Waals surface area contributed by atoms with Gasteiger partial charge in [-0.25, -0.2) is 0 Å². The number of hydrogen-bond acceptors (Lipinski definition) is 4. The van der Waals surface area contributed by atoms with Gasteiger partial charge in [0, 0.05) is 19.6 Å². The van der Waals surface area contributed by atoms with Gasteiger partial charge in [0.25, 0.3) is 0 Å². The second-order valence-corrected chi connectivity index (χ2v) is 4.39. The monoisotopic (exact) mass is 260 g/mol. The Labute approximate surface area is 103 Å². The van der Waals surface area contributed by atoms with E-state index in [0.29, 0.717) is 5.82 Å². The molecular formula is C11H15F3N4. The highest BCUT2D eigenvalue weighted by molar-refractivity contribution is 5.38. The van der Waals surface area contributed by atoms with Crippen molar-refractivity contribution in [3.05, 3.63) is 17.8 Å². The number of nitrogens with zero attached hydrogens (tertiary/aromatic N) is 3. The molecule has 2 rings (SSSR count). The number of hydrogen-bond donors (Lipinski definition) is 1. The van der Waals surface area contributed by atoms with E-state index < -0.39 is 11.9 Å². The lowest BCUT2D eigenvalue weighted by Gasteiger charge is -2.32. The highest BCUT2D eigenvalue weighted by Gasteiger charge is 2.33. The molecule has 1 aliphatic rings. The number of piperidine rings is 1. The van der Waals surface area contributed by atoms with Gasteiger partial charge in [0.2, 0.25) is 0 Å². The van der Waals surface area contributed by atoms with Gasteiger partial charge in [-0.3, -0.25) is 0 Å². The standard InChI is InChI=1S/C11H15F3N4/c1-18(8-3-2-6-15-7-8)10-5-4-9(16-17-10)11(12,13)14/h4-5,8,15H,2-3,6-7H2,1H3. The molecule has 1 aliphatic heterocycles. The Morgan fingerprint density at radius 1 is 1.33 bits per heavy atom. The fourth-order valence-electron chi connectivity index (χ4n) is 2.02. The molecule has 0 aliphatic carbocycles. The highest BCUT2D eigenvalue weighted by atomic mass is 19.4. The van der Waals surface area contributed by atoms with E-state index in [2.05, 4.69) is 15.5 Å². The molecule has 1 unspecified atom stereocenters. The normalized spacial score (nSPS) is 20.8. The van der Waals surface area contributed by atoms with Gasteiger partial charge in [0.05, 0.1) is 0 Å². The van der Waals surface area contributed by atoms with E-state index in [9.17, 15) is 13.2 Å². The van der Waals surface area contributed by atoms with Crippen LogP contribution in [0.2, 0.25) is 0 Å². The smallest absolute Gasteiger partial charge is 0.354 e. The minimum atomic E-state index is -4.43. The van der Waals surface area contributed by atoms with Crippen molar-refractivity contribution in [3.63, 3.8) is 0 Å². The molecule has 1 N–H and O–H groups in total. The summed E-state index contributed by atoms with van der Waals surface area (Å²) in [6.45, 7) is 1.81. The zero-order chi connectivity index (χ0) is 13.2. The fourth-order valence-corrected chi connectivity index (χ4v) is 2.02. The van der Waals surface area contributed by atoms with Crippen LogP contribution in [0.15, 0.2) is 12.1 Å². The van der Waals surface area contributed by atoms with Crippen LogP contribution in [-0.4, -0.2) is 36.4 Å². The van der Waals surface area contributed by atoms with E-state index in [0.717, 1.165) is 32.0 Å². The molecule has 0 spiro atoms. The molecule has 100 valence electrons. The number of rotatable bonds is 2. The largest absolute Gasteiger partial charge is 0.435 e. The summed E-state index contributed by atoms with van der Waals surface area (Å²) >= 11 is 0. The Morgan fingerprint density at radius 2 is 2.11 bits per heavy atom. The third-order valence-electron chi connectivity index (χ3n) is 3.12. The second kappa shape index (κ2) is 5.09. The lowest BCUT2D eigenvalue weighted by atomic mass is 10.1. The molecule has 7 heteroatoms. The molecule has 2 heterocycles. The fraction of sp³-hybridized carbons (Fsp3) is 0.636. The molecule has 0 amide bonds. The van der Waals surface area contributed by atoms with Crippen LogP contribution in [0, 0.1) is 0 Å². The molecule has 0 saturated carbocycles. The summed E-state index contributed by atoms with van der Waals surface area (Å²) in [6, 6.07) is 2.59. The average Bonchev–Trinajstić information content (AvgIpc) is 2.38. The molecule has 4 nitrogen and oxygen atoms in total. The molecule has 1 saturated heterocycles. The van der Waals surface area contributed by atoms with Crippen molar-refractivity contribution >= 4 is 5.82 Å².